The highest BCUT2D eigenvalue weighted by molar-refractivity contribution is 5.84. The molecule has 4 rings (SSSR count). The summed E-state index contributed by atoms with van der Waals surface area (Å²) < 4.78 is 0. The Morgan fingerprint density at radius 2 is 1.86 bits per heavy atom. The van der Waals surface area contributed by atoms with E-state index in [1.165, 1.54) is 16.3 Å². The minimum Gasteiger partial charge on any atom is -0.348 e. The second-order valence-corrected chi connectivity index (χ2v) is 7.54. The van der Waals surface area contributed by atoms with Crippen LogP contribution in [0.15, 0.2) is 55.0 Å². The number of amides is 1. The molecular weight excluding hydrogens is 348 g/mol. The first-order valence-electron chi connectivity index (χ1n) is 9.92. The molecule has 0 radical (unpaired) electrons. The Morgan fingerprint density at radius 1 is 1.07 bits per heavy atom. The van der Waals surface area contributed by atoms with E-state index in [0.29, 0.717) is 0 Å². The molecule has 5 nitrogen and oxygen atoms in total. The van der Waals surface area contributed by atoms with Crippen molar-refractivity contribution in [2.45, 2.75) is 38.8 Å². The maximum Gasteiger partial charge on any atom is 0.237 e. The van der Waals surface area contributed by atoms with Crippen molar-refractivity contribution in [2.75, 3.05) is 13.1 Å². The molecule has 3 aromatic rings. The third-order valence-electron chi connectivity index (χ3n) is 5.74. The van der Waals surface area contributed by atoms with E-state index < -0.39 is 0 Å². The topological polar surface area (TPSA) is 58.1 Å². The number of nitrogens with one attached hydrogen (secondary N) is 1. The fraction of sp³-hybridized carbons (Fsp3) is 0.348. The van der Waals surface area contributed by atoms with Crippen LogP contribution in [0, 0.1) is 0 Å². The summed E-state index contributed by atoms with van der Waals surface area (Å²) >= 11 is 0. The number of rotatable bonds is 4. The van der Waals surface area contributed by atoms with Crippen LogP contribution >= 0.6 is 0 Å². The Hall–Kier alpha value is -2.79. The third-order valence-corrected chi connectivity index (χ3v) is 5.74. The highest BCUT2D eigenvalue weighted by atomic mass is 16.2. The lowest BCUT2D eigenvalue weighted by atomic mass is 10.0. The standard InChI is InChI=1S/C23H26N4O/c1-16(19-8-7-18-5-3-4-6-20(18)13-19)26-23(28)17(2)27-11-9-21-14-24-15-25-22(21)10-12-27/h3-8,13-17H,9-12H2,1-2H3,(H,26,28). The largest absolute Gasteiger partial charge is 0.348 e. The summed E-state index contributed by atoms with van der Waals surface area (Å²) in [6.45, 7) is 5.72. The van der Waals surface area contributed by atoms with Crippen LogP contribution in [0.25, 0.3) is 10.8 Å². The molecule has 0 aliphatic carbocycles. The van der Waals surface area contributed by atoms with Gasteiger partial charge < -0.3 is 5.32 Å². The van der Waals surface area contributed by atoms with Crippen LogP contribution in [-0.2, 0) is 17.6 Å². The smallest absolute Gasteiger partial charge is 0.237 e. The van der Waals surface area contributed by atoms with E-state index in [1.807, 2.05) is 32.2 Å². The average molecular weight is 374 g/mol. The molecule has 2 aromatic carbocycles. The molecular formula is C23H26N4O. The Labute approximate surface area is 165 Å². The summed E-state index contributed by atoms with van der Waals surface area (Å²) in [6, 6.07) is 14.5. The second-order valence-electron chi connectivity index (χ2n) is 7.54. The molecule has 28 heavy (non-hydrogen) atoms. The third kappa shape index (κ3) is 3.90. The first-order chi connectivity index (χ1) is 13.6. The van der Waals surface area contributed by atoms with Crippen LogP contribution in [0.1, 0.15) is 36.7 Å². The zero-order valence-corrected chi connectivity index (χ0v) is 16.4. The quantitative estimate of drug-likeness (QED) is 0.761. The predicted octanol–water partition coefficient (Wildman–Crippen LogP) is 3.30. The Kier molecular flexibility index (Phi) is 5.35. The molecule has 1 aliphatic heterocycles. The molecule has 1 amide bonds. The van der Waals surface area contributed by atoms with Gasteiger partial charge in [0.2, 0.25) is 5.91 Å². The molecule has 0 saturated heterocycles. The minimum absolute atomic E-state index is 0.0328. The molecule has 5 heteroatoms. The van der Waals surface area contributed by atoms with Crippen molar-refractivity contribution >= 4 is 16.7 Å². The second kappa shape index (κ2) is 8.07. The minimum atomic E-state index is -0.176. The van der Waals surface area contributed by atoms with Gasteiger partial charge in [-0.3, -0.25) is 9.69 Å². The highest BCUT2D eigenvalue weighted by Gasteiger charge is 2.25. The number of hydrogen-bond acceptors (Lipinski definition) is 4. The normalized spacial score (nSPS) is 16.8. The number of hydrogen-bond donors (Lipinski definition) is 1. The van der Waals surface area contributed by atoms with Crippen molar-refractivity contribution in [2.24, 2.45) is 0 Å². The van der Waals surface area contributed by atoms with Gasteiger partial charge in [0.05, 0.1) is 12.1 Å². The molecule has 2 atom stereocenters. The summed E-state index contributed by atoms with van der Waals surface area (Å²) in [5.41, 5.74) is 3.43. The first-order valence-corrected chi connectivity index (χ1v) is 9.92. The van der Waals surface area contributed by atoms with Gasteiger partial charge in [0.25, 0.3) is 0 Å². The molecule has 0 fully saturated rings. The van der Waals surface area contributed by atoms with E-state index in [9.17, 15) is 4.79 Å². The number of carbonyl (C=O) groups is 1. The van der Waals surface area contributed by atoms with E-state index in [4.69, 9.17) is 0 Å². The van der Waals surface area contributed by atoms with Gasteiger partial charge in [-0.05, 0) is 48.2 Å². The summed E-state index contributed by atoms with van der Waals surface area (Å²) in [4.78, 5) is 23.7. The van der Waals surface area contributed by atoms with Crippen LogP contribution < -0.4 is 5.32 Å². The Balaban J connectivity index is 1.41. The van der Waals surface area contributed by atoms with E-state index in [-0.39, 0.29) is 18.0 Å². The number of nitrogens with zero attached hydrogens (tertiary/aromatic N) is 3. The van der Waals surface area contributed by atoms with Crippen LogP contribution in [0.3, 0.4) is 0 Å². The number of benzene rings is 2. The predicted molar refractivity (Wildman–Crippen MR) is 111 cm³/mol. The zero-order chi connectivity index (χ0) is 19.5. The Bertz CT molecular complexity index is 960. The summed E-state index contributed by atoms with van der Waals surface area (Å²) in [5.74, 6) is 0.0673. The van der Waals surface area contributed by atoms with Gasteiger partial charge in [-0.1, -0.05) is 36.4 Å². The van der Waals surface area contributed by atoms with Gasteiger partial charge in [0.15, 0.2) is 0 Å². The van der Waals surface area contributed by atoms with Gasteiger partial charge in [-0.25, -0.2) is 9.97 Å². The summed E-state index contributed by atoms with van der Waals surface area (Å²) in [7, 11) is 0. The van der Waals surface area contributed by atoms with Gasteiger partial charge in [-0.15, -0.1) is 0 Å². The molecule has 0 spiro atoms. The number of fused-ring (bicyclic) bond motifs is 2. The SMILES string of the molecule is CC(NC(=O)C(C)N1CCc2cncnc2CC1)c1ccc2ccccc2c1. The van der Waals surface area contributed by atoms with Crippen LogP contribution in [0.4, 0.5) is 0 Å². The monoisotopic (exact) mass is 374 g/mol. The molecule has 2 unspecified atom stereocenters. The van der Waals surface area contributed by atoms with Crippen molar-refractivity contribution in [3.05, 3.63) is 71.8 Å². The number of aromatic nitrogens is 2. The summed E-state index contributed by atoms with van der Waals surface area (Å²) in [6.07, 6.45) is 5.25. The van der Waals surface area contributed by atoms with Gasteiger partial charge in [0.1, 0.15) is 6.33 Å². The zero-order valence-electron chi connectivity index (χ0n) is 16.4. The van der Waals surface area contributed by atoms with Crippen molar-refractivity contribution in [3.63, 3.8) is 0 Å². The molecule has 0 saturated carbocycles. The van der Waals surface area contributed by atoms with Crippen molar-refractivity contribution in [1.82, 2.24) is 20.2 Å². The molecule has 144 valence electrons. The van der Waals surface area contributed by atoms with Gasteiger partial charge >= 0.3 is 0 Å². The molecule has 1 aliphatic rings. The summed E-state index contributed by atoms with van der Waals surface area (Å²) in [5, 5.41) is 5.60. The first kappa shape index (κ1) is 18.6. The van der Waals surface area contributed by atoms with Crippen LogP contribution in [-0.4, -0.2) is 39.9 Å². The fourth-order valence-electron chi connectivity index (χ4n) is 3.89. The molecule has 1 aromatic heterocycles. The van der Waals surface area contributed by atoms with Crippen LogP contribution in [0.5, 0.6) is 0 Å². The van der Waals surface area contributed by atoms with Gasteiger partial charge in [-0.2, -0.15) is 0 Å². The maximum atomic E-state index is 12.9. The van der Waals surface area contributed by atoms with E-state index >= 15 is 0 Å². The average Bonchev–Trinajstić information content (AvgIpc) is 2.95. The lowest BCUT2D eigenvalue weighted by Crippen LogP contribution is -2.46. The lowest BCUT2D eigenvalue weighted by Gasteiger charge is -2.28. The number of carbonyl (C=O) groups excluding carboxylic acids is 1. The highest BCUT2D eigenvalue weighted by Crippen LogP contribution is 2.21. The Morgan fingerprint density at radius 3 is 2.71 bits per heavy atom. The lowest BCUT2D eigenvalue weighted by molar-refractivity contribution is -0.126. The van der Waals surface area contributed by atoms with Crippen LogP contribution in [0.2, 0.25) is 0 Å². The van der Waals surface area contributed by atoms with Gasteiger partial charge in [0, 0.05) is 31.4 Å². The van der Waals surface area contributed by atoms with E-state index in [0.717, 1.165) is 37.2 Å². The maximum absolute atomic E-state index is 12.9. The van der Waals surface area contributed by atoms with E-state index in [2.05, 4.69) is 50.5 Å². The molecule has 1 N–H and O–H groups in total. The fourth-order valence-corrected chi connectivity index (χ4v) is 3.89. The van der Waals surface area contributed by atoms with E-state index in [1.54, 1.807) is 6.33 Å². The van der Waals surface area contributed by atoms with Crippen molar-refractivity contribution < 1.29 is 4.79 Å². The molecule has 0 bridgehead atoms. The van der Waals surface area contributed by atoms with Crippen molar-refractivity contribution in [3.8, 4) is 0 Å². The van der Waals surface area contributed by atoms with Crippen molar-refractivity contribution in [1.29, 1.82) is 0 Å². The molecule has 2 heterocycles.